The maximum Gasteiger partial charge on any atom is 0.348 e. The van der Waals surface area contributed by atoms with Crippen molar-refractivity contribution < 1.29 is 29.4 Å². The van der Waals surface area contributed by atoms with Crippen LogP contribution in [0.15, 0.2) is 12.7 Å². The van der Waals surface area contributed by atoms with E-state index in [-0.39, 0.29) is 0 Å². The molecule has 14 heavy (non-hydrogen) atoms. The Kier molecular flexibility index (Phi) is 4.93. The third kappa shape index (κ3) is 4.88. The van der Waals surface area contributed by atoms with Crippen LogP contribution in [0, 0.1) is 0 Å². The van der Waals surface area contributed by atoms with Crippen molar-refractivity contribution in [3.8, 4) is 0 Å². The predicted octanol–water partition coefficient (Wildman–Crippen LogP) is -0.852. The molecule has 78 valence electrons. The first kappa shape index (κ1) is 12.1. The fourth-order valence-corrected chi connectivity index (χ4v) is 0.525. The minimum Gasteiger partial charge on any atom is -0.481 e. The molecule has 0 amide bonds. The second-order valence-electron chi connectivity index (χ2n) is 2.23. The van der Waals surface area contributed by atoms with E-state index in [0.29, 0.717) is 0 Å². The van der Waals surface area contributed by atoms with Gasteiger partial charge in [-0.15, -0.1) is 5.48 Å². The van der Waals surface area contributed by atoms with Gasteiger partial charge in [0.1, 0.15) is 0 Å². The SMILES string of the molecule is C=CC(=O)ONC(CC(=O)O)C(=O)O. The van der Waals surface area contributed by atoms with Gasteiger partial charge in [0, 0.05) is 6.08 Å². The number of carbonyl (C=O) groups is 3. The minimum atomic E-state index is -1.48. The summed E-state index contributed by atoms with van der Waals surface area (Å²) in [5.41, 5.74) is 1.80. The highest BCUT2D eigenvalue weighted by atomic mass is 16.7. The smallest absolute Gasteiger partial charge is 0.348 e. The van der Waals surface area contributed by atoms with Crippen LogP contribution in [0.3, 0.4) is 0 Å². The molecule has 0 spiro atoms. The fraction of sp³-hybridized carbons (Fsp3) is 0.286. The first-order chi connectivity index (χ1) is 6.47. The lowest BCUT2D eigenvalue weighted by Crippen LogP contribution is -2.39. The lowest BCUT2D eigenvalue weighted by Gasteiger charge is -2.10. The summed E-state index contributed by atoms with van der Waals surface area (Å²) in [5.74, 6) is -3.63. The topological polar surface area (TPSA) is 113 Å². The molecule has 0 saturated heterocycles. The van der Waals surface area contributed by atoms with E-state index < -0.39 is 30.4 Å². The monoisotopic (exact) mass is 203 g/mol. The van der Waals surface area contributed by atoms with Gasteiger partial charge in [-0.2, -0.15) is 0 Å². The summed E-state index contributed by atoms with van der Waals surface area (Å²) < 4.78 is 0. The number of carboxylic acids is 2. The van der Waals surface area contributed by atoms with Gasteiger partial charge in [0.25, 0.3) is 0 Å². The molecule has 0 aromatic carbocycles. The van der Waals surface area contributed by atoms with Crippen LogP contribution < -0.4 is 5.48 Å². The fourth-order valence-electron chi connectivity index (χ4n) is 0.525. The number of aliphatic carboxylic acids is 2. The third-order valence-electron chi connectivity index (χ3n) is 1.15. The van der Waals surface area contributed by atoms with Gasteiger partial charge >= 0.3 is 17.9 Å². The van der Waals surface area contributed by atoms with Gasteiger partial charge < -0.3 is 15.1 Å². The summed E-state index contributed by atoms with van der Waals surface area (Å²) in [6.45, 7) is 3.07. The zero-order chi connectivity index (χ0) is 11.1. The highest BCUT2D eigenvalue weighted by Gasteiger charge is 2.21. The number of hydrogen-bond donors (Lipinski definition) is 3. The number of hydrogen-bond acceptors (Lipinski definition) is 5. The Labute approximate surface area is 78.9 Å². The molecular formula is C7H9NO6. The molecule has 7 heteroatoms. The zero-order valence-electron chi connectivity index (χ0n) is 7.10. The Morgan fingerprint density at radius 3 is 2.36 bits per heavy atom. The molecule has 0 aliphatic carbocycles. The second kappa shape index (κ2) is 5.70. The first-order valence-electron chi connectivity index (χ1n) is 3.50. The number of hydroxylamine groups is 1. The highest BCUT2D eigenvalue weighted by Crippen LogP contribution is 1.93. The molecule has 0 radical (unpaired) electrons. The Balaban J connectivity index is 4.10. The molecule has 1 unspecified atom stereocenters. The molecule has 0 saturated carbocycles. The molecule has 0 aromatic heterocycles. The van der Waals surface area contributed by atoms with Crippen molar-refractivity contribution in [2.24, 2.45) is 0 Å². The van der Waals surface area contributed by atoms with E-state index in [1.165, 1.54) is 0 Å². The molecule has 0 aliphatic heterocycles. The summed E-state index contributed by atoms with van der Waals surface area (Å²) in [4.78, 5) is 35.2. The van der Waals surface area contributed by atoms with E-state index >= 15 is 0 Å². The first-order valence-corrected chi connectivity index (χ1v) is 3.50. The molecular weight excluding hydrogens is 194 g/mol. The van der Waals surface area contributed by atoms with Crippen LogP contribution in [0.2, 0.25) is 0 Å². The van der Waals surface area contributed by atoms with Crippen LogP contribution in [-0.4, -0.2) is 34.2 Å². The molecule has 0 aliphatic rings. The van der Waals surface area contributed by atoms with E-state index in [0.717, 1.165) is 6.08 Å². The largest absolute Gasteiger partial charge is 0.481 e. The Morgan fingerprint density at radius 2 is 2.00 bits per heavy atom. The van der Waals surface area contributed by atoms with Crippen LogP contribution in [-0.2, 0) is 19.2 Å². The normalized spacial score (nSPS) is 11.4. The molecule has 7 nitrogen and oxygen atoms in total. The van der Waals surface area contributed by atoms with E-state index in [4.69, 9.17) is 10.2 Å². The van der Waals surface area contributed by atoms with Crippen molar-refractivity contribution in [1.82, 2.24) is 5.48 Å². The molecule has 1 atom stereocenters. The highest BCUT2D eigenvalue weighted by molar-refractivity contribution is 5.82. The average molecular weight is 203 g/mol. The van der Waals surface area contributed by atoms with Crippen molar-refractivity contribution in [2.45, 2.75) is 12.5 Å². The molecule has 0 aromatic rings. The van der Waals surface area contributed by atoms with E-state index in [1.807, 2.05) is 0 Å². The van der Waals surface area contributed by atoms with Crippen LogP contribution >= 0.6 is 0 Å². The molecule has 0 rings (SSSR count). The standard InChI is InChI=1S/C7H9NO6/c1-2-6(11)14-8-4(7(12)13)3-5(9)10/h2,4,8H,1,3H2,(H,9,10)(H,12,13). The van der Waals surface area contributed by atoms with Gasteiger partial charge in [-0.3, -0.25) is 9.59 Å². The van der Waals surface area contributed by atoms with Gasteiger partial charge in [0.05, 0.1) is 6.42 Å². The maximum atomic E-state index is 10.5. The number of carboxylic acid groups (broad SMARTS) is 2. The Morgan fingerprint density at radius 1 is 1.43 bits per heavy atom. The quantitative estimate of drug-likeness (QED) is 0.380. The van der Waals surface area contributed by atoms with Gasteiger partial charge in [-0.25, -0.2) is 4.79 Å². The van der Waals surface area contributed by atoms with Crippen molar-refractivity contribution in [3.05, 3.63) is 12.7 Å². The number of nitrogens with one attached hydrogen (secondary N) is 1. The number of rotatable bonds is 6. The van der Waals surface area contributed by atoms with Crippen LogP contribution in [0.4, 0.5) is 0 Å². The van der Waals surface area contributed by atoms with Crippen LogP contribution in [0.25, 0.3) is 0 Å². The van der Waals surface area contributed by atoms with Crippen LogP contribution in [0.5, 0.6) is 0 Å². The molecule has 0 fully saturated rings. The summed E-state index contributed by atoms with van der Waals surface area (Å²) in [6, 6.07) is -1.48. The van der Waals surface area contributed by atoms with Gasteiger partial charge in [0.2, 0.25) is 0 Å². The maximum absolute atomic E-state index is 10.5. The number of carbonyl (C=O) groups excluding carboxylic acids is 1. The summed E-state index contributed by atoms with van der Waals surface area (Å²) in [6.07, 6.45) is 0.117. The molecule has 0 bridgehead atoms. The van der Waals surface area contributed by atoms with Crippen molar-refractivity contribution in [1.29, 1.82) is 0 Å². The van der Waals surface area contributed by atoms with Gasteiger partial charge in [0.15, 0.2) is 6.04 Å². The summed E-state index contributed by atoms with van der Waals surface area (Å²) in [5, 5.41) is 16.8. The summed E-state index contributed by atoms with van der Waals surface area (Å²) >= 11 is 0. The van der Waals surface area contributed by atoms with E-state index in [2.05, 4.69) is 11.4 Å². The average Bonchev–Trinajstić information content (AvgIpc) is 2.10. The molecule has 3 N–H and O–H groups in total. The van der Waals surface area contributed by atoms with E-state index in [9.17, 15) is 14.4 Å². The predicted molar refractivity (Wildman–Crippen MR) is 43.1 cm³/mol. The van der Waals surface area contributed by atoms with Crippen molar-refractivity contribution in [2.75, 3.05) is 0 Å². The second-order valence-corrected chi connectivity index (χ2v) is 2.23. The van der Waals surface area contributed by atoms with Crippen molar-refractivity contribution >= 4 is 17.9 Å². The van der Waals surface area contributed by atoms with Gasteiger partial charge in [-0.1, -0.05) is 6.58 Å². The minimum absolute atomic E-state index is 0.695. The zero-order valence-corrected chi connectivity index (χ0v) is 7.10. The Hall–Kier alpha value is -1.89. The van der Waals surface area contributed by atoms with Gasteiger partial charge in [-0.05, 0) is 0 Å². The third-order valence-corrected chi connectivity index (χ3v) is 1.15. The summed E-state index contributed by atoms with van der Waals surface area (Å²) in [7, 11) is 0. The van der Waals surface area contributed by atoms with Crippen LogP contribution in [0.1, 0.15) is 6.42 Å². The lowest BCUT2D eigenvalue weighted by atomic mass is 10.2. The van der Waals surface area contributed by atoms with Crippen molar-refractivity contribution in [3.63, 3.8) is 0 Å². The lowest BCUT2D eigenvalue weighted by molar-refractivity contribution is -0.157. The van der Waals surface area contributed by atoms with E-state index in [1.54, 1.807) is 5.48 Å². The Bertz CT molecular complexity index is 261. The molecule has 0 heterocycles.